The number of aromatic nitrogens is 2. The lowest BCUT2D eigenvalue weighted by Crippen LogP contribution is -1.89. The van der Waals surface area contributed by atoms with E-state index < -0.39 is 11.6 Å². The minimum atomic E-state index is -0.660. The zero-order valence-corrected chi connectivity index (χ0v) is 8.17. The molecule has 15 heavy (non-hydrogen) atoms. The Bertz CT molecular complexity index is 482. The van der Waals surface area contributed by atoms with Crippen LogP contribution in [0.4, 0.5) is 8.78 Å². The Balaban J connectivity index is 2.54. The van der Waals surface area contributed by atoms with Crippen LogP contribution in [0.5, 0.6) is 0 Å². The molecular formula is C10H5ClF2N2. The largest absolute Gasteiger partial charge is 0.207 e. The summed E-state index contributed by atoms with van der Waals surface area (Å²) >= 11 is 5.68. The van der Waals surface area contributed by atoms with Crippen LogP contribution in [0.1, 0.15) is 0 Å². The summed E-state index contributed by atoms with van der Waals surface area (Å²) in [7, 11) is 0. The van der Waals surface area contributed by atoms with Crippen LogP contribution in [-0.2, 0) is 0 Å². The van der Waals surface area contributed by atoms with Gasteiger partial charge in [0.15, 0.2) is 0 Å². The third-order valence-corrected chi connectivity index (χ3v) is 1.99. The Hall–Kier alpha value is -1.55. The number of rotatable bonds is 1. The number of halogens is 3. The first-order chi connectivity index (χ1) is 7.15. The summed E-state index contributed by atoms with van der Waals surface area (Å²) in [5, 5.41) is 7.68. The summed E-state index contributed by atoms with van der Waals surface area (Å²) in [5.41, 5.74) is 0.642. The molecule has 5 heteroatoms. The predicted molar refractivity (Wildman–Crippen MR) is 52.4 cm³/mol. The molecule has 1 heterocycles. The molecule has 0 radical (unpaired) electrons. The first-order valence-electron chi connectivity index (χ1n) is 4.10. The second-order valence-electron chi connectivity index (χ2n) is 2.92. The smallest absolute Gasteiger partial charge is 0.126 e. The molecule has 2 aromatic rings. The van der Waals surface area contributed by atoms with Crippen molar-refractivity contribution >= 4 is 11.6 Å². The second kappa shape index (κ2) is 3.90. The van der Waals surface area contributed by atoms with E-state index in [0.717, 1.165) is 6.07 Å². The molecule has 0 N–H and O–H groups in total. The predicted octanol–water partition coefficient (Wildman–Crippen LogP) is 3.08. The highest BCUT2D eigenvalue weighted by atomic mass is 35.5. The lowest BCUT2D eigenvalue weighted by Gasteiger charge is -2.00. The van der Waals surface area contributed by atoms with Crippen LogP contribution in [-0.4, -0.2) is 10.2 Å². The molecular weight excluding hydrogens is 222 g/mol. The van der Waals surface area contributed by atoms with Gasteiger partial charge in [-0.05, 0) is 18.2 Å². The van der Waals surface area contributed by atoms with Gasteiger partial charge in [-0.1, -0.05) is 11.6 Å². The van der Waals surface area contributed by atoms with Gasteiger partial charge < -0.3 is 0 Å². The maximum atomic E-state index is 12.9. The Morgan fingerprint density at radius 3 is 2.27 bits per heavy atom. The van der Waals surface area contributed by atoms with Gasteiger partial charge in [0.2, 0.25) is 0 Å². The number of hydrogen-bond donors (Lipinski definition) is 0. The molecule has 0 spiro atoms. The molecule has 76 valence electrons. The van der Waals surface area contributed by atoms with Crippen molar-refractivity contribution in [3.05, 3.63) is 47.1 Å². The third-order valence-electron chi connectivity index (χ3n) is 1.78. The molecule has 0 unspecified atom stereocenters. The molecule has 0 saturated heterocycles. The maximum absolute atomic E-state index is 12.9. The number of benzene rings is 1. The summed E-state index contributed by atoms with van der Waals surface area (Å²) in [6, 6.07) is 4.62. The minimum Gasteiger partial charge on any atom is -0.207 e. The maximum Gasteiger partial charge on any atom is 0.126 e. The van der Waals surface area contributed by atoms with E-state index in [1.54, 1.807) is 0 Å². The quantitative estimate of drug-likeness (QED) is 0.747. The third kappa shape index (κ3) is 2.27. The van der Waals surface area contributed by atoms with Crippen LogP contribution >= 0.6 is 11.6 Å². The Morgan fingerprint density at radius 1 is 1.00 bits per heavy atom. The van der Waals surface area contributed by atoms with E-state index in [9.17, 15) is 8.78 Å². The zero-order valence-electron chi connectivity index (χ0n) is 7.42. The van der Waals surface area contributed by atoms with Crippen LogP contribution in [0.25, 0.3) is 11.3 Å². The first-order valence-corrected chi connectivity index (χ1v) is 4.47. The number of nitrogens with zero attached hydrogens (tertiary/aromatic N) is 2. The zero-order chi connectivity index (χ0) is 10.8. The van der Waals surface area contributed by atoms with E-state index >= 15 is 0 Å². The van der Waals surface area contributed by atoms with Gasteiger partial charge in [0.25, 0.3) is 0 Å². The van der Waals surface area contributed by atoms with Gasteiger partial charge in [0.05, 0.1) is 16.9 Å². The fourth-order valence-corrected chi connectivity index (χ4v) is 1.33. The van der Waals surface area contributed by atoms with Crippen molar-refractivity contribution in [1.82, 2.24) is 10.2 Å². The SMILES string of the molecule is Fc1cc(F)cc(-c2cc(Cl)cnn2)c1. The first kappa shape index (κ1) is 9.98. The summed E-state index contributed by atoms with van der Waals surface area (Å²) in [6.45, 7) is 0. The van der Waals surface area contributed by atoms with Crippen molar-refractivity contribution in [3.8, 4) is 11.3 Å². The van der Waals surface area contributed by atoms with Crippen LogP contribution in [0, 0.1) is 11.6 Å². The van der Waals surface area contributed by atoms with Gasteiger partial charge in [-0.25, -0.2) is 8.78 Å². The average molecular weight is 227 g/mol. The average Bonchev–Trinajstić information content (AvgIpc) is 2.16. The van der Waals surface area contributed by atoms with Gasteiger partial charge in [-0.2, -0.15) is 10.2 Å². The van der Waals surface area contributed by atoms with E-state index in [-0.39, 0.29) is 0 Å². The van der Waals surface area contributed by atoms with Gasteiger partial charge in [0.1, 0.15) is 11.6 Å². The highest BCUT2D eigenvalue weighted by Gasteiger charge is 2.05. The van der Waals surface area contributed by atoms with Gasteiger partial charge >= 0.3 is 0 Å². The van der Waals surface area contributed by atoms with E-state index in [4.69, 9.17) is 11.6 Å². The monoisotopic (exact) mass is 226 g/mol. The minimum absolute atomic E-state index is 0.308. The van der Waals surface area contributed by atoms with Crippen molar-refractivity contribution in [1.29, 1.82) is 0 Å². The van der Waals surface area contributed by atoms with E-state index in [1.165, 1.54) is 24.4 Å². The van der Waals surface area contributed by atoms with Gasteiger partial charge in [-0.3, -0.25) is 0 Å². The molecule has 0 fully saturated rings. The molecule has 0 saturated carbocycles. The lowest BCUT2D eigenvalue weighted by molar-refractivity contribution is 0.584. The highest BCUT2D eigenvalue weighted by Crippen LogP contribution is 2.21. The molecule has 2 nitrogen and oxygen atoms in total. The Morgan fingerprint density at radius 2 is 1.67 bits per heavy atom. The van der Waals surface area contributed by atoms with E-state index in [1.807, 2.05) is 0 Å². The van der Waals surface area contributed by atoms with Gasteiger partial charge in [0, 0.05) is 11.6 Å². The van der Waals surface area contributed by atoms with Crippen molar-refractivity contribution < 1.29 is 8.78 Å². The topological polar surface area (TPSA) is 25.8 Å². The van der Waals surface area contributed by atoms with Crippen LogP contribution in [0.15, 0.2) is 30.5 Å². The molecule has 1 aromatic carbocycles. The van der Waals surface area contributed by atoms with E-state index in [2.05, 4.69) is 10.2 Å². The molecule has 0 aliphatic rings. The normalized spacial score (nSPS) is 10.3. The van der Waals surface area contributed by atoms with Gasteiger partial charge in [-0.15, -0.1) is 0 Å². The van der Waals surface area contributed by atoms with Crippen molar-refractivity contribution in [2.24, 2.45) is 0 Å². The molecule has 1 aromatic heterocycles. The Kier molecular flexibility index (Phi) is 2.60. The van der Waals surface area contributed by atoms with Crippen molar-refractivity contribution in [3.63, 3.8) is 0 Å². The fourth-order valence-electron chi connectivity index (χ4n) is 1.19. The molecule has 0 atom stereocenters. The van der Waals surface area contributed by atoms with Crippen molar-refractivity contribution in [2.75, 3.05) is 0 Å². The van der Waals surface area contributed by atoms with E-state index in [0.29, 0.717) is 16.3 Å². The second-order valence-corrected chi connectivity index (χ2v) is 3.35. The van der Waals surface area contributed by atoms with Crippen LogP contribution in [0.3, 0.4) is 0 Å². The highest BCUT2D eigenvalue weighted by molar-refractivity contribution is 6.30. The van der Waals surface area contributed by atoms with Crippen LogP contribution in [0.2, 0.25) is 5.02 Å². The standard InChI is InChI=1S/C10H5ClF2N2/c11-7-3-10(15-14-5-7)6-1-8(12)4-9(13)2-6/h1-5H. The van der Waals surface area contributed by atoms with Crippen LogP contribution < -0.4 is 0 Å². The molecule has 0 bridgehead atoms. The summed E-state index contributed by atoms with van der Waals surface area (Å²) in [6.07, 6.45) is 1.35. The molecule has 0 aliphatic carbocycles. The lowest BCUT2D eigenvalue weighted by atomic mass is 10.1. The summed E-state index contributed by atoms with van der Waals surface area (Å²) in [5.74, 6) is -1.32. The summed E-state index contributed by atoms with van der Waals surface area (Å²) < 4.78 is 25.8. The molecule has 0 aliphatic heterocycles. The molecule has 0 amide bonds. The van der Waals surface area contributed by atoms with Crippen molar-refractivity contribution in [2.45, 2.75) is 0 Å². The number of hydrogen-bond acceptors (Lipinski definition) is 2. The summed E-state index contributed by atoms with van der Waals surface area (Å²) in [4.78, 5) is 0. The molecule has 2 rings (SSSR count). The fraction of sp³-hybridized carbons (Fsp3) is 0. The Labute approximate surface area is 89.5 Å².